The molecule has 0 atom stereocenters. The minimum Gasteiger partial charge on any atom is -0.328 e. The van der Waals surface area contributed by atoms with Crippen molar-refractivity contribution in [3.05, 3.63) is 58.8 Å². The van der Waals surface area contributed by atoms with Crippen molar-refractivity contribution < 1.29 is 4.39 Å². The molecule has 1 aromatic carbocycles. The van der Waals surface area contributed by atoms with Crippen LogP contribution in [0, 0.1) is 5.82 Å². The molecule has 102 valence electrons. The molecule has 0 aliphatic rings. The fourth-order valence-electron chi connectivity index (χ4n) is 1.77. The van der Waals surface area contributed by atoms with Crippen LogP contribution in [0.2, 0.25) is 0 Å². The van der Waals surface area contributed by atoms with Crippen LogP contribution in [0.15, 0.2) is 41.8 Å². The van der Waals surface area contributed by atoms with E-state index in [1.807, 2.05) is 33.8 Å². The van der Waals surface area contributed by atoms with Crippen molar-refractivity contribution in [1.82, 2.24) is 4.98 Å². The summed E-state index contributed by atoms with van der Waals surface area (Å²) in [5, 5.41) is 0.717. The highest BCUT2D eigenvalue weighted by atomic mass is 19.1. The maximum Gasteiger partial charge on any atom is 0.258 e. The van der Waals surface area contributed by atoms with E-state index in [4.69, 9.17) is 0 Å². The summed E-state index contributed by atoms with van der Waals surface area (Å²) in [5.41, 5.74) is 0.0866. The van der Waals surface area contributed by atoms with Gasteiger partial charge in [-0.2, -0.15) is 0 Å². The van der Waals surface area contributed by atoms with Crippen LogP contribution < -0.4 is 5.56 Å². The number of pyridine rings is 1. The molecule has 19 heavy (non-hydrogen) atoms. The van der Waals surface area contributed by atoms with Gasteiger partial charge in [0.15, 0.2) is 0 Å². The number of nitrogens with one attached hydrogen (secondary N) is 1. The van der Waals surface area contributed by atoms with E-state index in [0.29, 0.717) is 5.39 Å². The first kappa shape index (κ1) is 15.2. The zero-order valence-electron chi connectivity index (χ0n) is 11.9. The summed E-state index contributed by atoms with van der Waals surface area (Å²) in [5.74, 6) is -0.491. The van der Waals surface area contributed by atoms with Crippen LogP contribution in [-0.2, 0) is 5.41 Å². The van der Waals surface area contributed by atoms with Gasteiger partial charge in [-0.25, -0.2) is 4.39 Å². The van der Waals surface area contributed by atoms with Crippen molar-refractivity contribution >= 4 is 10.8 Å². The van der Waals surface area contributed by atoms with Crippen molar-refractivity contribution in [2.24, 2.45) is 0 Å². The number of aromatic nitrogens is 1. The lowest BCUT2D eigenvalue weighted by molar-refractivity contribution is 0.619. The molecular formula is C16H20FNO. The molecule has 1 N–H and O–H groups in total. The van der Waals surface area contributed by atoms with E-state index < -0.39 is 11.4 Å². The van der Waals surface area contributed by atoms with E-state index in [9.17, 15) is 9.18 Å². The fourth-order valence-corrected chi connectivity index (χ4v) is 1.77. The standard InChI is InChI=1S/C14H14FNO.C2H6/c1-4-14(2,3)10-7-9-5-6-16-13(17)12(9)11(15)8-10;1-2/h4-8H,1H2,2-3H3,(H,16,17);1-2H3. The number of fused-ring (bicyclic) bond motifs is 1. The zero-order valence-corrected chi connectivity index (χ0v) is 11.9. The molecule has 0 aliphatic carbocycles. The third-order valence-corrected chi connectivity index (χ3v) is 3.08. The second kappa shape index (κ2) is 5.83. The van der Waals surface area contributed by atoms with Crippen LogP contribution >= 0.6 is 0 Å². The van der Waals surface area contributed by atoms with Crippen molar-refractivity contribution in [2.45, 2.75) is 33.1 Å². The Bertz CT molecular complexity index is 641. The Morgan fingerprint density at radius 1 is 1.32 bits per heavy atom. The Balaban J connectivity index is 0.000000861. The fraction of sp³-hybridized carbons (Fsp3) is 0.312. The molecule has 0 saturated carbocycles. The number of aromatic amines is 1. The third-order valence-electron chi connectivity index (χ3n) is 3.08. The van der Waals surface area contributed by atoms with Gasteiger partial charge in [0, 0.05) is 11.6 Å². The normalized spacial score (nSPS) is 10.8. The number of benzene rings is 1. The van der Waals surface area contributed by atoms with E-state index in [-0.39, 0.29) is 10.8 Å². The topological polar surface area (TPSA) is 32.9 Å². The highest BCUT2D eigenvalue weighted by Crippen LogP contribution is 2.28. The Kier molecular flexibility index (Phi) is 4.65. The van der Waals surface area contributed by atoms with E-state index in [1.165, 1.54) is 12.3 Å². The van der Waals surface area contributed by atoms with Gasteiger partial charge in [-0.1, -0.05) is 33.8 Å². The van der Waals surface area contributed by atoms with Crippen LogP contribution in [0.5, 0.6) is 0 Å². The molecule has 0 radical (unpaired) electrons. The zero-order chi connectivity index (χ0) is 14.6. The van der Waals surface area contributed by atoms with Gasteiger partial charge in [-0.05, 0) is 29.1 Å². The lowest BCUT2D eigenvalue weighted by atomic mass is 9.84. The summed E-state index contributed by atoms with van der Waals surface area (Å²) in [6, 6.07) is 4.93. The molecule has 1 aromatic heterocycles. The molecule has 0 fully saturated rings. The van der Waals surface area contributed by atoms with Gasteiger partial charge in [0.05, 0.1) is 5.39 Å². The van der Waals surface area contributed by atoms with E-state index >= 15 is 0 Å². The van der Waals surface area contributed by atoms with Crippen molar-refractivity contribution in [3.8, 4) is 0 Å². The molecule has 2 nitrogen and oxygen atoms in total. The van der Waals surface area contributed by atoms with Crippen LogP contribution in [0.1, 0.15) is 33.3 Å². The molecule has 0 spiro atoms. The molecule has 0 bridgehead atoms. The van der Waals surface area contributed by atoms with Gasteiger partial charge < -0.3 is 4.98 Å². The second-order valence-electron chi connectivity index (χ2n) is 4.65. The molecule has 1 heterocycles. The van der Waals surface area contributed by atoms with Gasteiger partial charge in [-0.15, -0.1) is 6.58 Å². The summed E-state index contributed by atoms with van der Waals surface area (Å²) < 4.78 is 13.9. The van der Waals surface area contributed by atoms with Crippen molar-refractivity contribution in [2.75, 3.05) is 0 Å². The monoisotopic (exact) mass is 261 g/mol. The minimum atomic E-state index is -0.491. The minimum absolute atomic E-state index is 0.108. The number of hydrogen-bond acceptors (Lipinski definition) is 1. The molecule has 3 heteroatoms. The number of allylic oxidation sites excluding steroid dienone is 1. The van der Waals surface area contributed by atoms with E-state index in [2.05, 4.69) is 11.6 Å². The SMILES string of the molecule is C=CC(C)(C)c1cc(F)c2c(=O)[nH]ccc2c1.CC. The van der Waals surface area contributed by atoms with Crippen LogP contribution in [0.4, 0.5) is 4.39 Å². The highest BCUT2D eigenvalue weighted by Gasteiger charge is 2.18. The third kappa shape index (κ3) is 2.92. The molecular weight excluding hydrogens is 241 g/mol. The number of halogens is 1. The molecule has 0 aliphatic heterocycles. The van der Waals surface area contributed by atoms with Crippen LogP contribution in [0.25, 0.3) is 10.8 Å². The largest absolute Gasteiger partial charge is 0.328 e. The Morgan fingerprint density at radius 3 is 2.53 bits per heavy atom. The molecule has 2 aromatic rings. The predicted octanol–water partition coefficient (Wildman–Crippen LogP) is 4.16. The second-order valence-corrected chi connectivity index (χ2v) is 4.65. The first-order chi connectivity index (χ1) is 8.95. The summed E-state index contributed by atoms with van der Waals surface area (Å²) >= 11 is 0. The smallest absolute Gasteiger partial charge is 0.258 e. The summed E-state index contributed by atoms with van der Waals surface area (Å²) in [6.07, 6.45) is 3.29. The Hall–Kier alpha value is -1.90. The van der Waals surface area contributed by atoms with Gasteiger partial charge in [0.2, 0.25) is 0 Å². The lowest BCUT2D eigenvalue weighted by Gasteiger charge is -2.21. The molecule has 2 rings (SSSR count). The summed E-state index contributed by atoms with van der Waals surface area (Å²) in [7, 11) is 0. The van der Waals surface area contributed by atoms with Crippen LogP contribution in [-0.4, -0.2) is 4.98 Å². The summed E-state index contributed by atoms with van der Waals surface area (Å²) in [6.45, 7) is 11.7. The average Bonchev–Trinajstić information content (AvgIpc) is 2.40. The van der Waals surface area contributed by atoms with Gasteiger partial charge in [-0.3, -0.25) is 4.79 Å². The molecule has 0 amide bonds. The highest BCUT2D eigenvalue weighted by molar-refractivity contribution is 5.83. The molecule has 0 unspecified atom stereocenters. The lowest BCUT2D eigenvalue weighted by Crippen LogP contribution is -2.15. The molecule has 0 saturated heterocycles. The maximum absolute atomic E-state index is 13.9. The van der Waals surface area contributed by atoms with E-state index in [0.717, 1.165) is 5.56 Å². The predicted molar refractivity (Wildman–Crippen MR) is 79.1 cm³/mol. The first-order valence-corrected chi connectivity index (χ1v) is 6.41. The van der Waals surface area contributed by atoms with Crippen molar-refractivity contribution in [1.29, 1.82) is 0 Å². The maximum atomic E-state index is 13.9. The Labute approximate surface area is 113 Å². The van der Waals surface area contributed by atoms with E-state index in [1.54, 1.807) is 12.1 Å². The number of rotatable bonds is 2. The quantitative estimate of drug-likeness (QED) is 0.809. The number of hydrogen-bond donors (Lipinski definition) is 1. The average molecular weight is 261 g/mol. The number of H-pyrrole nitrogens is 1. The van der Waals surface area contributed by atoms with Crippen molar-refractivity contribution in [3.63, 3.8) is 0 Å². The first-order valence-electron chi connectivity index (χ1n) is 6.41. The Morgan fingerprint density at radius 2 is 1.95 bits per heavy atom. The summed E-state index contributed by atoms with van der Waals surface area (Å²) in [4.78, 5) is 14.0. The van der Waals surface area contributed by atoms with Gasteiger partial charge >= 0.3 is 0 Å². The van der Waals surface area contributed by atoms with Gasteiger partial charge in [0.25, 0.3) is 5.56 Å². The van der Waals surface area contributed by atoms with Crippen LogP contribution in [0.3, 0.4) is 0 Å². The van der Waals surface area contributed by atoms with Gasteiger partial charge in [0.1, 0.15) is 5.82 Å².